The maximum absolute atomic E-state index is 12.9. The number of anilines is 1. The number of carbonyl (C=O) groups is 2. The first-order valence-corrected chi connectivity index (χ1v) is 13.0. The van der Waals surface area contributed by atoms with Gasteiger partial charge in [-0.15, -0.1) is 10.2 Å². The quantitative estimate of drug-likeness (QED) is 0.269. The Morgan fingerprint density at radius 1 is 1.00 bits per heavy atom. The molecule has 0 aliphatic heterocycles. The first-order chi connectivity index (χ1) is 17.3. The standard InChI is InChI=1S/C27H28ClN5O2S/c1-17(2)15-23(30-26(35)20-12-6-7-13-21(20)28)25-31-32-27(33(25)3)36-16-24(34)29-22-14-8-10-18-9-4-5-11-19(18)22/h4-14,17,23H,15-16H2,1-3H3,(H,29,34)(H,30,35)/t23-/m1/s1. The fourth-order valence-corrected chi connectivity index (χ4v) is 4.93. The second-order valence-electron chi connectivity index (χ2n) is 8.90. The molecule has 4 rings (SSSR count). The van der Waals surface area contributed by atoms with Crippen LogP contribution in [0.2, 0.25) is 5.02 Å². The maximum atomic E-state index is 12.9. The van der Waals surface area contributed by atoms with Crippen molar-refractivity contribution in [3.63, 3.8) is 0 Å². The number of aromatic nitrogens is 3. The third-order valence-corrected chi connectivity index (χ3v) is 7.06. The fourth-order valence-electron chi connectivity index (χ4n) is 3.99. The van der Waals surface area contributed by atoms with Crippen molar-refractivity contribution in [2.75, 3.05) is 11.1 Å². The monoisotopic (exact) mass is 521 g/mol. The van der Waals surface area contributed by atoms with E-state index in [0.717, 1.165) is 16.5 Å². The predicted molar refractivity (Wildman–Crippen MR) is 145 cm³/mol. The summed E-state index contributed by atoms with van der Waals surface area (Å²) in [6.07, 6.45) is 0.675. The highest BCUT2D eigenvalue weighted by Crippen LogP contribution is 2.26. The SMILES string of the molecule is CC(C)C[C@@H](NC(=O)c1ccccc1Cl)c1nnc(SCC(=O)Nc2cccc3ccccc23)n1C. The molecular formula is C27H28ClN5O2S. The molecule has 0 radical (unpaired) electrons. The highest BCUT2D eigenvalue weighted by atomic mass is 35.5. The molecule has 7 nitrogen and oxygen atoms in total. The molecule has 0 unspecified atom stereocenters. The van der Waals surface area contributed by atoms with Gasteiger partial charge in [0.1, 0.15) is 0 Å². The number of amides is 2. The predicted octanol–water partition coefficient (Wildman–Crippen LogP) is 5.87. The highest BCUT2D eigenvalue weighted by molar-refractivity contribution is 7.99. The number of rotatable bonds is 9. The lowest BCUT2D eigenvalue weighted by Crippen LogP contribution is -2.31. The number of nitrogens with zero attached hydrogens (tertiary/aromatic N) is 3. The van der Waals surface area contributed by atoms with Crippen molar-refractivity contribution in [3.05, 3.63) is 83.1 Å². The summed E-state index contributed by atoms with van der Waals surface area (Å²) in [5.41, 5.74) is 1.19. The van der Waals surface area contributed by atoms with Crippen LogP contribution in [0.5, 0.6) is 0 Å². The van der Waals surface area contributed by atoms with E-state index in [1.54, 1.807) is 24.3 Å². The van der Waals surface area contributed by atoms with Crippen LogP contribution in [0.1, 0.15) is 42.5 Å². The molecule has 9 heteroatoms. The number of hydrogen-bond acceptors (Lipinski definition) is 5. The smallest absolute Gasteiger partial charge is 0.253 e. The first-order valence-electron chi connectivity index (χ1n) is 11.7. The second-order valence-corrected chi connectivity index (χ2v) is 10.2. The molecule has 186 valence electrons. The van der Waals surface area contributed by atoms with Crippen LogP contribution in [0.15, 0.2) is 71.9 Å². The normalized spacial score (nSPS) is 12.0. The summed E-state index contributed by atoms with van der Waals surface area (Å²) in [5, 5.41) is 17.7. The van der Waals surface area contributed by atoms with E-state index in [-0.39, 0.29) is 23.6 Å². The zero-order valence-electron chi connectivity index (χ0n) is 20.4. The Morgan fingerprint density at radius 3 is 2.50 bits per heavy atom. The molecule has 3 aromatic carbocycles. The van der Waals surface area contributed by atoms with E-state index in [2.05, 4.69) is 34.7 Å². The fraction of sp³-hybridized carbons (Fsp3) is 0.259. The van der Waals surface area contributed by atoms with Crippen molar-refractivity contribution >= 4 is 51.6 Å². The van der Waals surface area contributed by atoms with Crippen LogP contribution in [0.4, 0.5) is 5.69 Å². The van der Waals surface area contributed by atoms with Gasteiger partial charge in [0.15, 0.2) is 11.0 Å². The largest absolute Gasteiger partial charge is 0.342 e. The number of carbonyl (C=O) groups excluding carboxylic acids is 2. The van der Waals surface area contributed by atoms with Gasteiger partial charge >= 0.3 is 0 Å². The number of halogens is 1. The number of fused-ring (bicyclic) bond motifs is 1. The van der Waals surface area contributed by atoms with Gasteiger partial charge in [0.2, 0.25) is 5.91 Å². The van der Waals surface area contributed by atoms with Gasteiger partial charge in [-0.05, 0) is 35.9 Å². The average molecular weight is 522 g/mol. The zero-order chi connectivity index (χ0) is 25.7. The van der Waals surface area contributed by atoms with E-state index in [1.165, 1.54) is 11.8 Å². The molecule has 1 atom stereocenters. The van der Waals surface area contributed by atoms with Gasteiger partial charge < -0.3 is 15.2 Å². The Labute approximate surface area is 219 Å². The van der Waals surface area contributed by atoms with Crippen LogP contribution >= 0.6 is 23.4 Å². The van der Waals surface area contributed by atoms with Crippen LogP contribution in [0, 0.1) is 5.92 Å². The first kappa shape index (κ1) is 25.7. The van der Waals surface area contributed by atoms with Gasteiger partial charge in [-0.2, -0.15) is 0 Å². The lowest BCUT2D eigenvalue weighted by atomic mass is 10.0. The van der Waals surface area contributed by atoms with E-state index < -0.39 is 0 Å². The second kappa shape index (κ2) is 11.6. The van der Waals surface area contributed by atoms with Crippen molar-refractivity contribution in [1.82, 2.24) is 20.1 Å². The minimum absolute atomic E-state index is 0.133. The Bertz CT molecular complexity index is 1380. The molecule has 4 aromatic rings. The van der Waals surface area contributed by atoms with Gasteiger partial charge in [-0.25, -0.2) is 0 Å². The summed E-state index contributed by atoms with van der Waals surface area (Å²) in [6.45, 7) is 4.16. The third kappa shape index (κ3) is 6.06. The van der Waals surface area contributed by atoms with Crippen molar-refractivity contribution in [2.24, 2.45) is 13.0 Å². The summed E-state index contributed by atoms with van der Waals surface area (Å²) in [7, 11) is 1.84. The van der Waals surface area contributed by atoms with Gasteiger partial charge in [-0.1, -0.05) is 85.7 Å². The average Bonchev–Trinajstić information content (AvgIpc) is 3.22. The summed E-state index contributed by atoms with van der Waals surface area (Å²) in [5.74, 6) is 0.710. The Hall–Kier alpha value is -3.36. The highest BCUT2D eigenvalue weighted by Gasteiger charge is 2.24. The molecule has 0 aliphatic rings. The molecule has 2 amide bonds. The molecule has 0 saturated heterocycles. The topological polar surface area (TPSA) is 88.9 Å². The van der Waals surface area contributed by atoms with Crippen LogP contribution in [-0.2, 0) is 11.8 Å². The third-order valence-electron chi connectivity index (χ3n) is 5.71. The van der Waals surface area contributed by atoms with Crippen LogP contribution < -0.4 is 10.6 Å². The number of benzene rings is 3. The van der Waals surface area contributed by atoms with Crippen molar-refractivity contribution in [3.8, 4) is 0 Å². The van der Waals surface area contributed by atoms with E-state index in [4.69, 9.17) is 11.6 Å². The van der Waals surface area contributed by atoms with E-state index in [1.807, 2.05) is 54.1 Å². The minimum atomic E-state index is -0.356. The van der Waals surface area contributed by atoms with Crippen molar-refractivity contribution < 1.29 is 9.59 Å². The molecule has 0 bridgehead atoms. The van der Waals surface area contributed by atoms with Gasteiger partial charge in [-0.3, -0.25) is 9.59 Å². The van der Waals surface area contributed by atoms with E-state index in [9.17, 15) is 9.59 Å². The summed E-state index contributed by atoms with van der Waals surface area (Å²) in [6, 6.07) is 20.3. The Kier molecular flexibility index (Phi) is 8.28. The summed E-state index contributed by atoms with van der Waals surface area (Å²) < 4.78 is 1.83. The lowest BCUT2D eigenvalue weighted by Gasteiger charge is -2.20. The molecule has 1 heterocycles. The van der Waals surface area contributed by atoms with E-state index in [0.29, 0.717) is 33.9 Å². The van der Waals surface area contributed by atoms with Crippen molar-refractivity contribution in [1.29, 1.82) is 0 Å². The minimum Gasteiger partial charge on any atom is -0.342 e. The molecule has 0 saturated carbocycles. The molecule has 0 aliphatic carbocycles. The Morgan fingerprint density at radius 2 is 1.72 bits per heavy atom. The molecule has 2 N–H and O–H groups in total. The van der Waals surface area contributed by atoms with Crippen LogP contribution in [-0.4, -0.2) is 32.3 Å². The lowest BCUT2D eigenvalue weighted by molar-refractivity contribution is -0.113. The van der Waals surface area contributed by atoms with Crippen LogP contribution in [0.3, 0.4) is 0 Å². The van der Waals surface area contributed by atoms with E-state index >= 15 is 0 Å². The summed E-state index contributed by atoms with van der Waals surface area (Å²) >= 11 is 7.51. The summed E-state index contributed by atoms with van der Waals surface area (Å²) in [4.78, 5) is 25.6. The molecule has 0 fully saturated rings. The molecule has 36 heavy (non-hydrogen) atoms. The number of thioether (sulfide) groups is 1. The van der Waals surface area contributed by atoms with Crippen molar-refractivity contribution in [2.45, 2.75) is 31.5 Å². The van der Waals surface area contributed by atoms with Gasteiger partial charge in [0.05, 0.1) is 22.4 Å². The van der Waals surface area contributed by atoms with Gasteiger partial charge in [0, 0.05) is 18.1 Å². The molecular weight excluding hydrogens is 494 g/mol. The zero-order valence-corrected chi connectivity index (χ0v) is 21.9. The van der Waals surface area contributed by atoms with Gasteiger partial charge in [0.25, 0.3) is 5.91 Å². The number of hydrogen-bond donors (Lipinski definition) is 2. The Balaban J connectivity index is 1.45. The molecule has 0 spiro atoms. The maximum Gasteiger partial charge on any atom is 0.253 e. The van der Waals surface area contributed by atoms with Crippen LogP contribution in [0.25, 0.3) is 10.8 Å². The molecule has 1 aromatic heterocycles. The number of nitrogens with one attached hydrogen (secondary N) is 2.